The minimum atomic E-state index is -0.352. The van der Waals surface area contributed by atoms with Crippen LogP contribution in [-0.4, -0.2) is 40.6 Å². The molecule has 0 aliphatic carbocycles. The van der Waals surface area contributed by atoms with E-state index in [-0.39, 0.29) is 23.7 Å². The number of aliphatic hydroxyl groups is 1. The molecule has 1 aliphatic heterocycles. The van der Waals surface area contributed by atoms with E-state index in [1.165, 1.54) is 11.1 Å². The zero-order chi connectivity index (χ0) is 14.5. The minimum absolute atomic E-state index is 0.137. The van der Waals surface area contributed by atoms with Crippen molar-refractivity contribution in [3.8, 4) is 0 Å². The molecule has 2 rings (SSSR count). The van der Waals surface area contributed by atoms with E-state index in [4.69, 9.17) is 22.4 Å². The first-order chi connectivity index (χ1) is 9.69. The van der Waals surface area contributed by atoms with E-state index in [0.29, 0.717) is 18.3 Å². The number of hydrogen-bond donors (Lipinski definition) is 2. The highest BCUT2D eigenvalue weighted by molar-refractivity contribution is 6.33. The molecule has 2 heterocycles. The van der Waals surface area contributed by atoms with Crippen LogP contribution in [0.2, 0.25) is 5.02 Å². The Kier molecular flexibility index (Phi) is 5.39. The molecule has 3 N–H and O–H groups in total. The molecule has 1 saturated heterocycles. The monoisotopic (exact) mass is 300 g/mol. The van der Waals surface area contributed by atoms with Gasteiger partial charge >= 0.3 is 0 Å². The number of rotatable bonds is 5. The van der Waals surface area contributed by atoms with Gasteiger partial charge in [-0.3, -0.25) is 4.79 Å². The lowest BCUT2D eigenvalue weighted by Crippen LogP contribution is -2.42. The van der Waals surface area contributed by atoms with Crippen LogP contribution in [-0.2, 0) is 6.54 Å². The van der Waals surface area contributed by atoms with Crippen molar-refractivity contribution in [2.45, 2.75) is 38.3 Å². The Morgan fingerprint density at radius 2 is 2.30 bits per heavy atom. The average molecular weight is 301 g/mol. The molecule has 0 aromatic carbocycles. The van der Waals surface area contributed by atoms with Gasteiger partial charge in [-0.05, 0) is 32.2 Å². The number of piperidine rings is 1. The van der Waals surface area contributed by atoms with Crippen molar-refractivity contribution in [1.29, 1.82) is 0 Å². The molecule has 0 amide bonds. The largest absolute Gasteiger partial charge is 0.394 e. The van der Waals surface area contributed by atoms with Crippen LogP contribution in [0.4, 0.5) is 5.69 Å². The zero-order valence-electron chi connectivity index (χ0n) is 11.5. The highest BCUT2D eigenvalue weighted by Crippen LogP contribution is 2.29. The van der Waals surface area contributed by atoms with Gasteiger partial charge in [0.25, 0.3) is 5.56 Å². The number of hydrogen-bond acceptors (Lipinski definition) is 5. The fourth-order valence-corrected chi connectivity index (χ4v) is 2.98. The molecule has 1 atom stereocenters. The summed E-state index contributed by atoms with van der Waals surface area (Å²) in [4.78, 5) is 14.2. The Morgan fingerprint density at radius 1 is 1.50 bits per heavy atom. The summed E-state index contributed by atoms with van der Waals surface area (Å²) in [6, 6.07) is 0.321. The third-order valence-corrected chi connectivity index (χ3v) is 4.07. The number of aromatic nitrogens is 2. The van der Waals surface area contributed by atoms with Crippen LogP contribution in [0.3, 0.4) is 0 Å². The lowest BCUT2D eigenvalue weighted by molar-refractivity contribution is 0.266. The average Bonchev–Trinajstić information content (AvgIpc) is 2.46. The van der Waals surface area contributed by atoms with Crippen LogP contribution in [0.1, 0.15) is 25.7 Å². The third kappa shape index (κ3) is 3.13. The summed E-state index contributed by atoms with van der Waals surface area (Å²) in [6.07, 6.45) is 5.82. The van der Waals surface area contributed by atoms with Gasteiger partial charge in [-0.1, -0.05) is 11.6 Å². The van der Waals surface area contributed by atoms with Crippen LogP contribution in [0.25, 0.3) is 0 Å². The standard InChI is InChI=1S/C13H21ClN4O2/c14-12-11(9-16-18(7-8-19)13(12)20)17-6-2-1-3-10(17)4-5-15/h9-10,19H,1-8,15H2. The van der Waals surface area contributed by atoms with E-state index < -0.39 is 0 Å². The minimum Gasteiger partial charge on any atom is -0.394 e. The predicted octanol–water partition coefficient (Wildman–Crippen LogP) is 0.597. The Labute approximate surface area is 123 Å². The van der Waals surface area contributed by atoms with Crippen molar-refractivity contribution in [3.05, 3.63) is 21.6 Å². The molecule has 0 bridgehead atoms. The van der Waals surface area contributed by atoms with Crippen molar-refractivity contribution in [1.82, 2.24) is 9.78 Å². The molecule has 0 radical (unpaired) electrons. The zero-order valence-corrected chi connectivity index (χ0v) is 12.2. The summed E-state index contributed by atoms with van der Waals surface area (Å²) >= 11 is 6.21. The van der Waals surface area contributed by atoms with Crippen molar-refractivity contribution < 1.29 is 5.11 Å². The van der Waals surface area contributed by atoms with Crippen LogP contribution in [0, 0.1) is 0 Å². The van der Waals surface area contributed by atoms with Crippen LogP contribution in [0.5, 0.6) is 0 Å². The molecule has 1 aliphatic rings. The number of nitrogens with two attached hydrogens (primary N) is 1. The highest BCUT2D eigenvalue weighted by Gasteiger charge is 2.25. The highest BCUT2D eigenvalue weighted by atomic mass is 35.5. The quantitative estimate of drug-likeness (QED) is 0.832. The van der Waals surface area contributed by atoms with Crippen molar-refractivity contribution in [3.63, 3.8) is 0 Å². The fraction of sp³-hybridized carbons (Fsp3) is 0.692. The third-order valence-electron chi connectivity index (χ3n) is 3.71. The molecule has 112 valence electrons. The summed E-state index contributed by atoms with van der Waals surface area (Å²) in [7, 11) is 0. The summed E-state index contributed by atoms with van der Waals surface area (Å²) in [5.41, 5.74) is 6.00. The van der Waals surface area contributed by atoms with Gasteiger partial charge in [-0.25, -0.2) is 4.68 Å². The molecule has 1 fully saturated rings. The summed E-state index contributed by atoms with van der Waals surface area (Å²) in [5, 5.41) is 13.2. The van der Waals surface area contributed by atoms with Gasteiger partial charge in [0.1, 0.15) is 5.02 Å². The molecule has 1 aromatic heterocycles. The molecule has 6 nitrogen and oxygen atoms in total. The van der Waals surface area contributed by atoms with Gasteiger partial charge < -0.3 is 15.7 Å². The first kappa shape index (κ1) is 15.3. The fourth-order valence-electron chi connectivity index (χ4n) is 2.72. The smallest absolute Gasteiger partial charge is 0.287 e. The van der Waals surface area contributed by atoms with E-state index in [2.05, 4.69) is 10.00 Å². The lowest BCUT2D eigenvalue weighted by Gasteiger charge is -2.37. The van der Waals surface area contributed by atoms with E-state index in [1.807, 2.05) is 0 Å². The first-order valence-corrected chi connectivity index (χ1v) is 7.40. The van der Waals surface area contributed by atoms with E-state index in [1.54, 1.807) is 6.20 Å². The van der Waals surface area contributed by atoms with E-state index in [0.717, 1.165) is 25.8 Å². The molecule has 20 heavy (non-hydrogen) atoms. The second-order valence-electron chi connectivity index (χ2n) is 5.02. The maximum absolute atomic E-state index is 12.1. The van der Waals surface area contributed by atoms with Gasteiger partial charge in [0.15, 0.2) is 0 Å². The second kappa shape index (κ2) is 7.06. The number of halogens is 1. The Balaban J connectivity index is 2.31. The van der Waals surface area contributed by atoms with Crippen LogP contribution >= 0.6 is 11.6 Å². The summed E-state index contributed by atoms with van der Waals surface area (Å²) in [5.74, 6) is 0. The van der Waals surface area contributed by atoms with E-state index >= 15 is 0 Å². The van der Waals surface area contributed by atoms with Crippen LogP contribution in [0.15, 0.2) is 11.0 Å². The van der Waals surface area contributed by atoms with Crippen molar-refractivity contribution in [2.75, 3.05) is 24.6 Å². The molecule has 0 spiro atoms. The molecule has 0 saturated carbocycles. The van der Waals surface area contributed by atoms with Gasteiger partial charge in [0.2, 0.25) is 0 Å². The van der Waals surface area contributed by atoms with Gasteiger partial charge in [0, 0.05) is 12.6 Å². The van der Waals surface area contributed by atoms with Gasteiger partial charge in [0.05, 0.1) is 25.0 Å². The topological polar surface area (TPSA) is 84.4 Å². The van der Waals surface area contributed by atoms with E-state index in [9.17, 15) is 4.79 Å². The Bertz CT molecular complexity index is 504. The molecular formula is C13H21ClN4O2. The molecule has 1 unspecified atom stereocenters. The summed E-state index contributed by atoms with van der Waals surface area (Å²) < 4.78 is 1.19. The van der Waals surface area contributed by atoms with Crippen molar-refractivity contribution in [2.24, 2.45) is 5.73 Å². The normalized spacial score (nSPS) is 19.4. The van der Waals surface area contributed by atoms with Crippen molar-refractivity contribution >= 4 is 17.3 Å². The maximum atomic E-state index is 12.1. The SMILES string of the molecule is NCCC1CCCCN1c1cnn(CCO)c(=O)c1Cl. The van der Waals surface area contributed by atoms with Gasteiger partial charge in [-0.15, -0.1) is 0 Å². The number of anilines is 1. The number of nitrogens with zero attached hydrogens (tertiary/aromatic N) is 3. The molecule has 1 aromatic rings. The first-order valence-electron chi connectivity index (χ1n) is 7.02. The number of aliphatic hydroxyl groups excluding tert-OH is 1. The second-order valence-corrected chi connectivity index (χ2v) is 5.39. The lowest BCUT2D eigenvalue weighted by atomic mass is 9.99. The maximum Gasteiger partial charge on any atom is 0.287 e. The summed E-state index contributed by atoms with van der Waals surface area (Å²) in [6.45, 7) is 1.51. The molecular weight excluding hydrogens is 280 g/mol. The predicted molar refractivity (Wildman–Crippen MR) is 79.2 cm³/mol. The van der Waals surface area contributed by atoms with Gasteiger partial charge in [-0.2, -0.15) is 5.10 Å². The van der Waals surface area contributed by atoms with Crippen LogP contribution < -0.4 is 16.2 Å². The molecule has 7 heteroatoms. The Morgan fingerprint density at radius 3 is 3.00 bits per heavy atom. The Hall–Kier alpha value is -1.11.